The third-order valence-electron chi connectivity index (χ3n) is 4.95. The van der Waals surface area contributed by atoms with E-state index >= 15 is 0 Å². The summed E-state index contributed by atoms with van der Waals surface area (Å²) in [6.07, 6.45) is 0. The number of oxime groups is 1. The Morgan fingerprint density at radius 1 is 0.906 bits per heavy atom. The minimum absolute atomic E-state index is 0.0596. The molecule has 0 atom stereocenters. The van der Waals surface area contributed by atoms with Gasteiger partial charge in [-0.05, 0) is 42.0 Å². The van der Waals surface area contributed by atoms with Crippen molar-refractivity contribution in [2.24, 2.45) is 5.16 Å². The number of rotatable bonds is 8. The van der Waals surface area contributed by atoms with Crippen LogP contribution in [-0.4, -0.2) is 12.8 Å². The molecule has 0 radical (unpaired) electrons. The molecule has 0 saturated heterocycles. The maximum atomic E-state index is 11.7. The van der Waals surface area contributed by atoms with Gasteiger partial charge in [0.2, 0.25) is 0 Å². The van der Waals surface area contributed by atoms with Crippen molar-refractivity contribution in [3.05, 3.63) is 116 Å². The highest BCUT2D eigenvalue weighted by molar-refractivity contribution is 6.13. The molecule has 3 N–H and O–H groups in total. The number of hydrogen-bond acceptors (Lipinski definition) is 7. The van der Waals surface area contributed by atoms with Crippen molar-refractivity contribution >= 4 is 22.8 Å². The van der Waals surface area contributed by atoms with Gasteiger partial charge in [-0.15, -0.1) is 0 Å². The first-order chi connectivity index (χ1) is 15.6. The van der Waals surface area contributed by atoms with Crippen molar-refractivity contribution in [3.63, 3.8) is 0 Å². The van der Waals surface area contributed by atoms with Gasteiger partial charge in [-0.25, -0.2) is 0 Å². The van der Waals surface area contributed by atoms with Gasteiger partial charge in [-0.2, -0.15) is 0 Å². The zero-order chi connectivity index (χ0) is 22.5. The summed E-state index contributed by atoms with van der Waals surface area (Å²) in [5.41, 5.74) is 8.17. The van der Waals surface area contributed by atoms with Crippen molar-refractivity contribution in [1.82, 2.24) is 0 Å². The van der Waals surface area contributed by atoms with Gasteiger partial charge in [-0.3, -0.25) is 9.59 Å². The summed E-state index contributed by atoms with van der Waals surface area (Å²) in [6, 6.07) is 24.5. The third-order valence-corrected chi connectivity index (χ3v) is 4.95. The van der Waals surface area contributed by atoms with Crippen LogP contribution in [0.15, 0.2) is 93.6 Å². The predicted octanol–water partition coefficient (Wildman–Crippen LogP) is 3.59. The van der Waals surface area contributed by atoms with E-state index in [1.807, 2.05) is 72.8 Å². The highest BCUT2D eigenvalue weighted by atomic mass is 16.6. The lowest BCUT2D eigenvalue weighted by atomic mass is 10.0. The molecule has 0 saturated carbocycles. The first-order valence-corrected chi connectivity index (χ1v) is 9.91. The van der Waals surface area contributed by atoms with Gasteiger partial charge in [0, 0.05) is 16.8 Å². The van der Waals surface area contributed by atoms with E-state index in [2.05, 4.69) is 10.5 Å². The molecule has 7 heteroatoms. The van der Waals surface area contributed by atoms with Crippen molar-refractivity contribution in [1.29, 1.82) is 0 Å². The topological polar surface area (TPSA) is 103 Å². The van der Waals surface area contributed by atoms with Crippen molar-refractivity contribution in [2.75, 3.05) is 18.2 Å². The summed E-state index contributed by atoms with van der Waals surface area (Å²) >= 11 is 0. The lowest BCUT2D eigenvalue weighted by molar-refractivity contribution is 0.131. The SMILES string of the molecule is COc1ccc(C(=NOCc2ccccc2)c2cccc(Nc3c(N)c(=O)c3=O)c2)cc1. The number of anilines is 3. The molecule has 160 valence electrons. The Bertz CT molecular complexity index is 1320. The molecular formula is C25H21N3O4. The van der Waals surface area contributed by atoms with E-state index in [1.165, 1.54) is 0 Å². The van der Waals surface area contributed by atoms with E-state index in [0.717, 1.165) is 22.4 Å². The summed E-state index contributed by atoms with van der Waals surface area (Å²) in [6.45, 7) is 0.318. The van der Waals surface area contributed by atoms with Gasteiger partial charge in [0.25, 0.3) is 10.9 Å². The number of hydrogen-bond donors (Lipinski definition) is 2. The molecule has 0 aliphatic rings. The van der Waals surface area contributed by atoms with Crippen molar-refractivity contribution in [2.45, 2.75) is 6.61 Å². The minimum Gasteiger partial charge on any atom is -0.497 e. The molecular weight excluding hydrogens is 406 g/mol. The summed E-state index contributed by atoms with van der Waals surface area (Å²) in [4.78, 5) is 28.8. The molecule has 0 fully saturated rings. The summed E-state index contributed by atoms with van der Waals surface area (Å²) in [5, 5.41) is 7.33. The molecule has 4 aromatic carbocycles. The van der Waals surface area contributed by atoms with Gasteiger partial charge in [0.1, 0.15) is 29.4 Å². The number of ether oxygens (including phenoxy) is 1. The molecule has 7 nitrogen and oxygen atoms in total. The Morgan fingerprint density at radius 3 is 2.34 bits per heavy atom. The van der Waals surface area contributed by atoms with E-state index in [9.17, 15) is 9.59 Å². The first kappa shape index (κ1) is 20.9. The van der Waals surface area contributed by atoms with Crippen molar-refractivity contribution < 1.29 is 9.57 Å². The highest BCUT2D eigenvalue weighted by Crippen LogP contribution is 2.22. The molecule has 0 heterocycles. The lowest BCUT2D eigenvalue weighted by Gasteiger charge is -2.13. The molecule has 0 spiro atoms. The molecule has 0 bridgehead atoms. The second kappa shape index (κ2) is 9.18. The third kappa shape index (κ3) is 4.37. The van der Waals surface area contributed by atoms with Crippen LogP contribution in [0.5, 0.6) is 5.75 Å². The number of benzene rings is 3. The average Bonchev–Trinajstić information content (AvgIpc) is 2.85. The van der Waals surface area contributed by atoms with Crippen LogP contribution in [0.1, 0.15) is 16.7 Å². The van der Waals surface area contributed by atoms with Crippen LogP contribution in [0.2, 0.25) is 0 Å². The number of nitrogen functional groups attached to an aromatic ring is 1. The monoisotopic (exact) mass is 427 g/mol. The van der Waals surface area contributed by atoms with E-state index in [0.29, 0.717) is 18.0 Å². The fourth-order valence-electron chi connectivity index (χ4n) is 3.19. The smallest absolute Gasteiger partial charge is 0.253 e. The molecule has 0 aliphatic carbocycles. The van der Waals surface area contributed by atoms with Crippen LogP contribution in [0.25, 0.3) is 0 Å². The molecule has 0 aliphatic heterocycles. The van der Waals surface area contributed by atoms with E-state index < -0.39 is 10.9 Å². The van der Waals surface area contributed by atoms with Gasteiger partial charge in [0.05, 0.1) is 7.11 Å². The Hall–Kier alpha value is -4.39. The number of nitrogens with two attached hydrogens (primary N) is 1. The largest absolute Gasteiger partial charge is 0.497 e. The molecule has 0 unspecified atom stereocenters. The maximum absolute atomic E-state index is 11.7. The van der Waals surface area contributed by atoms with Gasteiger partial charge >= 0.3 is 0 Å². The van der Waals surface area contributed by atoms with Crippen molar-refractivity contribution in [3.8, 4) is 5.75 Å². The second-order valence-corrected chi connectivity index (χ2v) is 7.08. The molecule has 32 heavy (non-hydrogen) atoms. The Balaban J connectivity index is 1.65. The van der Waals surface area contributed by atoms with Crippen LogP contribution in [0, 0.1) is 0 Å². The normalized spacial score (nSPS) is 11.3. The Kier molecular flexibility index (Phi) is 5.98. The summed E-state index contributed by atoms with van der Waals surface area (Å²) < 4.78 is 5.25. The quantitative estimate of drug-likeness (QED) is 0.253. The second-order valence-electron chi connectivity index (χ2n) is 7.08. The van der Waals surface area contributed by atoms with Crippen LogP contribution in [-0.2, 0) is 11.4 Å². The molecule has 4 rings (SSSR count). The fourth-order valence-corrected chi connectivity index (χ4v) is 3.19. The van der Waals surface area contributed by atoms with Crippen LogP contribution in [0.4, 0.5) is 17.1 Å². The molecule has 4 aromatic rings. The van der Waals surface area contributed by atoms with Gasteiger partial charge < -0.3 is 20.6 Å². The number of methoxy groups -OCH3 is 1. The van der Waals surface area contributed by atoms with Crippen LogP contribution in [0.3, 0.4) is 0 Å². The summed E-state index contributed by atoms with van der Waals surface area (Å²) in [5.74, 6) is 0.726. The predicted molar refractivity (Wildman–Crippen MR) is 125 cm³/mol. The van der Waals surface area contributed by atoms with E-state index in [1.54, 1.807) is 13.2 Å². The van der Waals surface area contributed by atoms with Crippen LogP contribution < -0.4 is 26.6 Å². The number of nitrogens with one attached hydrogen (secondary N) is 1. The highest BCUT2D eigenvalue weighted by Gasteiger charge is 2.18. The lowest BCUT2D eigenvalue weighted by Crippen LogP contribution is -2.36. The first-order valence-electron chi connectivity index (χ1n) is 9.91. The molecule has 0 amide bonds. The zero-order valence-electron chi connectivity index (χ0n) is 17.4. The van der Waals surface area contributed by atoms with E-state index in [4.69, 9.17) is 15.3 Å². The standard InChI is InChI=1S/C25H21N3O4/c1-31-20-12-10-17(11-13-20)22(28-32-15-16-6-3-2-4-7-16)18-8-5-9-19(14-18)27-23-21(26)24(29)25(23)30/h2-14,27H,15,26H2,1H3. The molecule has 0 aromatic heterocycles. The fraction of sp³-hybridized carbons (Fsp3) is 0.0800. The Labute approximate surface area is 184 Å². The summed E-state index contributed by atoms with van der Waals surface area (Å²) in [7, 11) is 1.61. The zero-order valence-corrected chi connectivity index (χ0v) is 17.4. The average molecular weight is 427 g/mol. The minimum atomic E-state index is -0.668. The van der Waals surface area contributed by atoms with Gasteiger partial charge in [0.15, 0.2) is 0 Å². The number of nitrogens with zero attached hydrogens (tertiary/aromatic N) is 1. The Morgan fingerprint density at radius 2 is 1.66 bits per heavy atom. The van der Waals surface area contributed by atoms with Crippen LogP contribution >= 0.6 is 0 Å². The van der Waals surface area contributed by atoms with Gasteiger partial charge in [-0.1, -0.05) is 47.6 Å². The van der Waals surface area contributed by atoms with E-state index in [-0.39, 0.29) is 11.4 Å². The maximum Gasteiger partial charge on any atom is 0.253 e.